The molecule has 2 unspecified atom stereocenters. The van der Waals surface area contributed by atoms with Crippen molar-refractivity contribution in [3.05, 3.63) is 22.4 Å². The van der Waals surface area contributed by atoms with Gasteiger partial charge in [0.1, 0.15) is 6.17 Å². The van der Waals surface area contributed by atoms with Gasteiger partial charge in [0.25, 0.3) is 0 Å². The second kappa shape index (κ2) is 5.40. The molecule has 21 heavy (non-hydrogen) atoms. The Morgan fingerprint density at radius 2 is 2.14 bits per heavy atom. The number of carbonyl (C=O) groups excluding carboxylic acids is 1. The molecular formula is C17H26N2OS. The minimum Gasteiger partial charge on any atom is -0.315 e. The summed E-state index contributed by atoms with van der Waals surface area (Å²) in [5, 5.41) is 5.70. The number of amides is 1. The lowest BCUT2D eigenvalue weighted by atomic mass is 9.94. The molecular weight excluding hydrogens is 280 g/mol. The van der Waals surface area contributed by atoms with Gasteiger partial charge in [0.05, 0.1) is 6.04 Å². The van der Waals surface area contributed by atoms with E-state index in [4.69, 9.17) is 0 Å². The van der Waals surface area contributed by atoms with Gasteiger partial charge >= 0.3 is 0 Å². The lowest BCUT2D eigenvalue weighted by molar-refractivity contribution is -0.136. The van der Waals surface area contributed by atoms with E-state index < -0.39 is 0 Å². The summed E-state index contributed by atoms with van der Waals surface area (Å²) in [5.74, 6) is 1.47. The van der Waals surface area contributed by atoms with Crippen LogP contribution in [0.15, 0.2) is 17.5 Å². The van der Waals surface area contributed by atoms with Crippen molar-refractivity contribution in [3.8, 4) is 0 Å². The topological polar surface area (TPSA) is 32.3 Å². The first-order valence-corrected chi connectivity index (χ1v) is 8.92. The summed E-state index contributed by atoms with van der Waals surface area (Å²) in [5.41, 5.74) is -0.0511. The van der Waals surface area contributed by atoms with E-state index in [9.17, 15) is 4.79 Å². The number of hydrogen-bond donors (Lipinski definition) is 1. The molecule has 2 heterocycles. The van der Waals surface area contributed by atoms with E-state index in [2.05, 4.69) is 55.4 Å². The van der Waals surface area contributed by atoms with Crippen LogP contribution in [0.3, 0.4) is 0 Å². The number of thiophene rings is 1. The van der Waals surface area contributed by atoms with Gasteiger partial charge in [-0.05, 0) is 56.4 Å². The summed E-state index contributed by atoms with van der Waals surface area (Å²) in [6, 6.07) is 4.18. The lowest BCUT2D eigenvalue weighted by Crippen LogP contribution is -2.49. The molecule has 0 spiro atoms. The molecule has 1 aliphatic carbocycles. The zero-order chi connectivity index (χ0) is 15.2. The summed E-state index contributed by atoms with van der Waals surface area (Å²) >= 11 is 1.74. The fourth-order valence-electron chi connectivity index (χ4n) is 3.53. The van der Waals surface area contributed by atoms with Gasteiger partial charge in [0, 0.05) is 10.4 Å². The molecule has 1 aromatic heterocycles. The Kier molecular flexibility index (Phi) is 3.87. The molecule has 4 heteroatoms. The van der Waals surface area contributed by atoms with Crippen molar-refractivity contribution in [2.24, 2.45) is 11.8 Å². The maximum Gasteiger partial charge on any atom is 0.241 e. The van der Waals surface area contributed by atoms with Crippen molar-refractivity contribution in [2.45, 2.75) is 64.7 Å². The van der Waals surface area contributed by atoms with Crippen molar-refractivity contribution >= 4 is 17.2 Å². The molecule has 2 fully saturated rings. The average Bonchev–Trinajstić information content (AvgIpc) is 3.03. The molecule has 0 bridgehead atoms. The van der Waals surface area contributed by atoms with Gasteiger partial charge in [-0.25, -0.2) is 0 Å². The summed E-state index contributed by atoms with van der Waals surface area (Å²) in [6.07, 6.45) is 3.47. The molecule has 1 aliphatic heterocycles. The van der Waals surface area contributed by atoms with E-state index in [-0.39, 0.29) is 17.7 Å². The number of hydrogen-bond acceptors (Lipinski definition) is 3. The van der Waals surface area contributed by atoms with Crippen molar-refractivity contribution in [1.82, 2.24) is 10.2 Å². The third-order valence-corrected chi connectivity index (χ3v) is 5.79. The van der Waals surface area contributed by atoms with Gasteiger partial charge in [-0.1, -0.05) is 19.9 Å². The van der Waals surface area contributed by atoms with Crippen LogP contribution in [0.4, 0.5) is 0 Å². The van der Waals surface area contributed by atoms with Gasteiger partial charge in [-0.15, -0.1) is 11.3 Å². The first kappa shape index (κ1) is 15.0. The molecule has 2 atom stereocenters. The molecule has 1 saturated carbocycles. The fraction of sp³-hybridized carbons (Fsp3) is 0.706. The molecule has 2 aliphatic rings. The van der Waals surface area contributed by atoms with E-state index in [1.54, 1.807) is 11.3 Å². The molecule has 3 rings (SSSR count). The zero-order valence-electron chi connectivity index (χ0n) is 13.4. The molecule has 1 aromatic rings. The molecule has 0 radical (unpaired) electrons. The van der Waals surface area contributed by atoms with Crippen molar-refractivity contribution < 1.29 is 4.79 Å². The number of rotatable bonds is 5. The maximum atomic E-state index is 13.0. The van der Waals surface area contributed by atoms with Gasteiger partial charge in [0.2, 0.25) is 5.91 Å². The van der Waals surface area contributed by atoms with E-state index in [0.717, 1.165) is 6.42 Å². The van der Waals surface area contributed by atoms with Crippen molar-refractivity contribution in [3.63, 3.8) is 0 Å². The van der Waals surface area contributed by atoms with Crippen LogP contribution in [0.5, 0.6) is 0 Å². The number of nitrogens with one attached hydrogen (secondary N) is 1. The second-order valence-corrected chi connectivity index (χ2v) is 8.38. The highest BCUT2D eigenvalue weighted by Crippen LogP contribution is 2.47. The minimum atomic E-state index is -0.0511. The predicted molar refractivity (Wildman–Crippen MR) is 87.1 cm³/mol. The van der Waals surface area contributed by atoms with Crippen LogP contribution in [0.2, 0.25) is 0 Å². The second-order valence-electron chi connectivity index (χ2n) is 7.40. The smallest absolute Gasteiger partial charge is 0.241 e. The molecule has 1 amide bonds. The fourth-order valence-corrected chi connectivity index (χ4v) is 4.30. The van der Waals surface area contributed by atoms with Crippen LogP contribution in [0.25, 0.3) is 0 Å². The summed E-state index contributed by atoms with van der Waals surface area (Å²) in [7, 11) is 0. The van der Waals surface area contributed by atoms with Gasteiger partial charge in [-0.2, -0.15) is 0 Å². The monoisotopic (exact) mass is 306 g/mol. The van der Waals surface area contributed by atoms with Crippen LogP contribution in [0, 0.1) is 11.8 Å². The van der Waals surface area contributed by atoms with Crippen LogP contribution in [0.1, 0.15) is 58.0 Å². The highest BCUT2D eigenvalue weighted by atomic mass is 32.1. The van der Waals surface area contributed by atoms with Crippen LogP contribution in [-0.2, 0) is 4.79 Å². The third kappa shape index (κ3) is 2.76. The summed E-state index contributed by atoms with van der Waals surface area (Å²) in [4.78, 5) is 16.4. The predicted octanol–water partition coefficient (Wildman–Crippen LogP) is 3.78. The highest BCUT2D eigenvalue weighted by Gasteiger charge is 2.52. The van der Waals surface area contributed by atoms with Crippen molar-refractivity contribution in [2.75, 3.05) is 0 Å². The Morgan fingerprint density at radius 3 is 2.67 bits per heavy atom. The Balaban J connectivity index is 1.90. The standard InChI is InChI=1S/C17H26N2OS/c1-11(2)10-13-16(20)19(17(3,4)12-7-8-12)15(18-13)14-6-5-9-21-14/h5-6,9,11-13,15,18H,7-8,10H2,1-4H3. The van der Waals surface area contributed by atoms with E-state index in [1.807, 2.05) is 0 Å². The largest absolute Gasteiger partial charge is 0.315 e. The van der Waals surface area contributed by atoms with E-state index >= 15 is 0 Å². The van der Waals surface area contributed by atoms with Crippen LogP contribution < -0.4 is 5.32 Å². The first-order chi connectivity index (χ1) is 9.91. The Hall–Kier alpha value is -0.870. The maximum absolute atomic E-state index is 13.0. The summed E-state index contributed by atoms with van der Waals surface area (Å²) in [6.45, 7) is 8.85. The Morgan fingerprint density at radius 1 is 1.43 bits per heavy atom. The van der Waals surface area contributed by atoms with Crippen molar-refractivity contribution in [1.29, 1.82) is 0 Å². The normalized spacial score (nSPS) is 26.9. The zero-order valence-corrected chi connectivity index (χ0v) is 14.2. The minimum absolute atomic E-state index is 0.0323. The number of carbonyl (C=O) groups is 1. The molecule has 1 N–H and O–H groups in total. The molecule has 1 saturated heterocycles. The first-order valence-electron chi connectivity index (χ1n) is 8.04. The quantitative estimate of drug-likeness (QED) is 0.898. The van der Waals surface area contributed by atoms with E-state index in [1.165, 1.54) is 17.7 Å². The lowest BCUT2D eigenvalue weighted by Gasteiger charge is -2.39. The number of nitrogens with zero attached hydrogens (tertiary/aromatic N) is 1. The Bertz CT molecular complexity index is 505. The Labute approximate surface area is 131 Å². The van der Waals surface area contributed by atoms with Gasteiger partial charge < -0.3 is 4.90 Å². The van der Waals surface area contributed by atoms with E-state index in [0.29, 0.717) is 17.7 Å². The highest BCUT2D eigenvalue weighted by molar-refractivity contribution is 7.10. The SMILES string of the molecule is CC(C)CC1NC(c2cccs2)N(C(C)(C)C2CC2)C1=O. The third-order valence-electron chi connectivity index (χ3n) is 4.87. The molecule has 0 aromatic carbocycles. The van der Waals surface area contributed by atoms with Gasteiger partial charge in [0.15, 0.2) is 0 Å². The van der Waals surface area contributed by atoms with Crippen LogP contribution in [-0.4, -0.2) is 22.4 Å². The van der Waals surface area contributed by atoms with Gasteiger partial charge in [-0.3, -0.25) is 10.1 Å². The molecule has 3 nitrogen and oxygen atoms in total. The van der Waals surface area contributed by atoms with Crippen LogP contribution >= 0.6 is 11.3 Å². The molecule has 116 valence electrons. The summed E-state index contributed by atoms with van der Waals surface area (Å²) < 4.78 is 0. The average molecular weight is 306 g/mol.